The van der Waals surface area contributed by atoms with Gasteiger partial charge in [0, 0.05) is 18.2 Å². The van der Waals surface area contributed by atoms with Crippen LogP contribution in [-0.4, -0.2) is 64.3 Å². The quantitative estimate of drug-likeness (QED) is 0.307. The number of nitrogens with one attached hydrogen (secondary N) is 4. The minimum Gasteiger partial charge on any atom is -0.497 e. The van der Waals surface area contributed by atoms with Crippen molar-refractivity contribution >= 4 is 29.3 Å². The third kappa shape index (κ3) is 5.76. The molecule has 3 aromatic rings. The number of anilines is 1. The van der Waals surface area contributed by atoms with E-state index in [2.05, 4.69) is 31.4 Å². The molecule has 0 saturated carbocycles. The lowest BCUT2D eigenvalue weighted by Crippen LogP contribution is -2.58. The van der Waals surface area contributed by atoms with Gasteiger partial charge in [0.1, 0.15) is 29.6 Å². The number of rotatable bonds is 9. The third-order valence-electron chi connectivity index (χ3n) is 7.53. The minimum absolute atomic E-state index is 0.168. The number of para-hydroxylation sites is 1. The Hall–Kier alpha value is -4.74. The highest BCUT2D eigenvalue weighted by atomic mass is 16.5. The number of benzene rings is 2. The molecule has 0 saturated heterocycles. The van der Waals surface area contributed by atoms with Crippen molar-refractivity contribution in [1.29, 1.82) is 0 Å². The van der Waals surface area contributed by atoms with Gasteiger partial charge in [0.15, 0.2) is 0 Å². The first kappa shape index (κ1) is 27.8. The average Bonchev–Trinajstić information content (AvgIpc) is 3.61. The second-order valence-electron chi connectivity index (χ2n) is 10.6. The Morgan fingerprint density at radius 1 is 1.12 bits per heavy atom. The smallest absolute Gasteiger partial charge is 0.251 e. The highest BCUT2D eigenvalue weighted by molar-refractivity contribution is 6.08. The molecular formula is C29H33N7O5. The number of aromatic amines is 1. The van der Waals surface area contributed by atoms with E-state index in [9.17, 15) is 19.2 Å². The number of amides is 4. The van der Waals surface area contributed by atoms with Crippen LogP contribution >= 0.6 is 0 Å². The number of ether oxygens (including phenoxy) is 1. The molecule has 2 aromatic carbocycles. The van der Waals surface area contributed by atoms with Crippen molar-refractivity contribution < 1.29 is 23.9 Å². The van der Waals surface area contributed by atoms with Gasteiger partial charge in [-0.05, 0) is 54.2 Å². The van der Waals surface area contributed by atoms with Crippen molar-refractivity contribution in [2.24, 2.45) is 5.92 Å². The minimum atomic E-state index is -0.876. The van der Waals surface area contributed by atoms with Crippen LogP contribution in [0.1, 0.15) is 47.4 Å². The van der Waals surface area contributed by atoms with Gasteiger partial charge in [-0.3, -0.25) is 29.2 Å². The highest BCUT2D eigenvalue weighted by Gasteiger charge is 2.44. The fourth-order valence-corrected chi connectivity index (χ4v) is 5.35. The Balaban J connectivity index is 1.32. The van der Waals surface area contributed by atoms with E-state index >= 15 is 0 Å². The highest BCUT2D eigenvalue weighted by Crippen LogP contribution is 2.39. The van der Waals surface area contributed by atoms with E-state index in [-0.39, 0.29) is 24.3 Å². The van der Waals surface area contributed by atoms with Crippen LogP contribution in [0, 0.1) is 5.92 Å². The molecule has 4 amide bonds. The molecule has 2 aliphatic heterocycles. The molecule has 0 bridgehead atoms. The Labute approximate surface area is 237 Å². The maximum atomic E-state index is 14.0. The zero-order valence-corrected chi connectivity index (χ0v) is 23.1. The Morgan fingerprint density at radius 2 is 1.88 bits per heavy atom. The van der Waals surface area contributed by atoms with Crippen LogP contribution in [0.25, 0.3) is 0 Å². The van der Waals surface area contributed by atoms with Crippen molar-refractivity contribution in [2.45, 2.75) is 57.8 Å². The lowest BCUT2D eigenvalue weighted by atomic mass is 9.99. The summed E-state index contributed by atoms with van der Waals surface area (Å²) < 4.78 is 5.15. The summed E-state index contributed by atoms with van der Waals surface area (Å²) in [6, 6.07) is 9.87. The van der Waals surface area contributed by atoms with Gasteiger partial charge < -0.3 is 20.7 Å². The van der Waals surface area contributed by atoms with Crippen molar-refractivity contribution in [3.63, 3.8) is 0 Å². The summed E-state index contributed by atoms with van der Waals surface area (Å²) in [5, 5.41) is 18.7. The predicted octanol–water partition coefficient (Wildman–Crippen LogP) is 1.27. The van der Waals surface area contributed by atoms with Crippen LogP contribution in [0.5, 0.6) is 5.75 Å². The molecule has 4 N–H and O–H groups in total. The van der Waals surface area contributed by atoms with Crippen LogP contribution in [0.3, 0.4) is 0 Å². The summed E-state index contributed by atoms with van der Waals surface area (Å²) in [6.07, 6.45) is 2.87. The van der Waals surface area contributed by atoms with E-state index in [1.807, 2.05) is 32.0 Å². The first-order valence-corrected chi connectivity index (χ1v) is 13.6. The van der Waals surface area contributed by atoms with Crippen molar-refractivity contribution in [1.82, 2.24) is 31.4 Å². The molecule has 5 rings (SSSR count). The van der Waals surface area contributed by atoms with Gasteiger partial charge in [-0.15, -0.1) is 5.10 Å². The topological polar surface area (TPSA) is 158 Å². The number of nitrogens with zero attached hydrogens (tertiary/aromatic N) is 3. The standard InChI is InChI=1S/C29H33N7O5/c1-16(2)24(33-26(37)18-7-10-21(41-3)11-8-18)28(39)32-22-12-9-17-5-4-6-19-13-23(36(25(17)19)29(22)40)27(38)30-14-20-15-31-35-34-20/h4-8,10-11,15-16,22-24H,9,12-14H2,1-3H3,(H,30,38)(H,32,39)(H,33,37)(H,31,34,35)/t22-,23-,24-/m0/s1. The van der Waals surface area contributed by atoms with E-state index in [4.69, 9.17) is 4.74 Å². The number of carbonyl (C=O) groups excluding carboxylic acids is 4. The summed E-state index contributed by atoms with van der Waals surface area (Å²) in [4.78, 5) is 55.2. The van der Waals surface area contributed by atoms with Gasteiger partial charge in [0.25, 0.3) is 5.91 Å². The molecule has 1 aromatic heterocycles. The molecule has 214 valence electrons. The van der Waals surface area contributed by atoms with Gasteiger partial charge in [-0.2, -0.15) is 0 Å². The van der Waals surface area contributed by atoms with Crippen molar-refractivity contribution in [3.8, 4) is 5.75 Å². The zero-order chi connectivity index (χ0) is 29.1. The summed E-state index contributed by atoms with van der Waals surface area (Å²) in [5.41, 5.74) is 3.56. The largest absolute Gasteiger partial charge is 0.497 e. The monoisotopic (exact) mass is 559 g/mol. The number of carbonyl (C=O) groups is 4. The molecule has 0 spiro atoms. The van der Waals surface area contributed by atoms with Crippen LogP contribution in [-0.2, 0) is 33.8 Å². The van der Waals surface area contributed by atoms with E-state index in [0.29, 0.717) is 36.3 Å². The Morgan fingerprint density at radius 3 is 2.56 bits per heavy atom. The van der Waals surface area contributed by atoms with Crippen LogP contribution < -0.4 is 25.6 Å². The maximum absolute atomic E-state index is 14.0. The first-order chi connectivity index (χ1) is 19.8. The SMILES string of the molecule is COc1ccc(C(=O)N[C@H](C(=O)N[C@H]2CCc3cccc4c3N(C2=O)[C@H](C(=O)NCc2c[nH]nn2)C4)C(C)C)cc1. The normalized spacial score (nSPS) is 18.3. The van der Waals surface area contributed by atoms with Crippen LogP contribution in [0.4, 0.5) is 5.69 Å². The van der Waals surface area contributed by atoms with Gasteiger partial charge in [-0.25, -0.2) is 0 Å². The predicted molar refractivity (Wildman–Crippen MR) is 149 cm³/mol. The number of hydrogen-bond donors (Lipinski definition) is 4. The number of hydrogen-bond acceptors (Lipinski definition) is 7. The summed E-state index contributed by atoms with van der Waals surface area (Å²) in [5.74, 6) is -1.17. The number of aromatic nitrogens is 3. The lowest BCUT2D eigenvalue weighted by Gasteiger charge is -2.29. The van der Waals surface area contributed by atoms with Crippen LogP contribution in [0.2, 0.25) is 0 Å². The second-order valence-corrected chi connectivity index (χ2v) is 10.6. The molecule has 0 aliphatic carbocycles. The van der Waals surface area contributed by atoms with E-state index in [0.717, 1.165) is 16.8 Å². The number of H-pyrrole nitrogens is 1. The molecule has 41 heavy (non-hydrogen) atoms. The van der Waals surface area contributed by atoms with E-state index < -0.39 is 29.9 Å². The molecule has 3 heterocycles. The molecule has 3 atom stereocenters. The van der Waals surface area contributed by atoms with E-state index in [1.54, 1.807) is 30.5 Å². The van der Waals surface area contributed by atoms with E-state index in [1.165, 1.54) is 12.0 Å². The summed E-state index contributed by atoms with van der Waals surface area (Å²) in [7, 11) is 1.54. The first-order valence-electron chi connectivity index (χ1n) is 13.6. The molecule has 12 heteroatoms. The fourth-order valence-electron chi connectivity index (χ4n) is 5.35. The Kier molecular flexibility index (Phi) is 7.99. The Bertz CT molecular complexity index is 1440. The van der Waals surface area contributed by atoms with Crippen molar-refractivity contribution in [3.05, 3.63) is 71.0 Å². The van der Waals surface area contributed by atoms with Gasteiger partial charge in [-0.1, -0.05) is 37.3 Å². The summed E-state index contributed by atoms with van der Waals surface area (Å²) >= 11 is 0. The molecule has 0 unspecified atom stereocenters. The zero-order valence-electron chi connectivity index (χ0n) is 23.1. The molecule has 0 fully saturated rings. The molecule has 2 aliphatic rings. The summed E-state index contributed by atoms with van der Waals surface area (Å²) in [6.45, 7) is 3.82. The van der Waals surface area contributed by atoms with Gasteiger partial charge >= 0.3 is 0 Å². The number of methoxy groups -OCH3 is 1. The lowest BCUT2D eigenvalue weighted by molar-refractivity contribution is -0.130. The molecule has 12 nitrogen and oxygen atoms in total. The fraction of sp³-hybridized carbons (Fsp3) is 0.379. The van der Waals surface area contributed by atoms with Crippen LogP contribution in [0.15, 0.2) is 48.7 Å². The number of aryl methyl sites for hydroxylation is 1. The van der Waals surface area contributed by atoms with Gasteiger partial charge in [0.05, 0.1) is 19.3 Å². The third-order valence-corrected chi connectivity index (χ3v) is 7.53. The second kappa shape index (κ2) is 11.8. The molecular weight excluding hydrogens is 526 g/mol. The average molecular weight is 560 g/mol. The molecule has 0 radical (unpaired) electrons. The van der Waals surface area contributed by atoms with Crippen molar-refractivity contribution in [2.75, 3.05) is 12.0 Å². The maximum Gasteiger partial charge on any atom is 0.251 e. The van der Waals surface area contributed by atoms with Gasteiger partial charge in [0.2, 0.25) is 17.7 Å².